The Morgan fingerprint density at radius 2 is 1.90 bits per heavy atom. The van der Waals surface area contributed by atoms with Gasteiger partial charge >= 0.3 is 0 Å². The topological polar surface area (TPSA) is 85.7 Å². The molecule has 1 atom stereocenters. The average molecular weight is 407 g/mol. The molecule has 0 radical (unpaired) electrons. The predicted molar refractivity (Wildman–Crippen MR) is 114 cm³/mol. The minimum Gasteiger partial charge on any atom is -0.507 e. The molecular formula is C23H22FN3O3. The molecule has 1 aromatic heterocycles. The van der Waals surface area contributed by atoms with Crippen molar-refractivity contribution >= 4 is 17.4 Å². The number of anilines is 2. The quantitative estimate of drug-likeness (QED) is 0.613. The molecule has 2 aromatic carbocycles. The number of hydrogen-bond donors (Lipinski definition) is 3. The summed E-state index contributed by atoms with van der Waals surface area (Å²) >= 11 is 0. The van der Waals surface area contributed by atoms with Crippen LogP contribution in [0.3, 0.4) is 0 Å². The van der Waals surface area contributed by atoms with Crippen molar-refractivity contribution in [3.8, 4) is 28.0 Å². The van der Waals surface area contributed by atoms with Crippen molar-refractivity contribution in [2.75, 3.05) is 23.3 Å². The molecule has 1 amide bonds. The molecule has 30 heavy (non-hydrogen) atoms. The monoisotopic (exact) mass is 407 g/mol. The smallest absolute Gasteiger partial charge is 0.221 e. The second-order valence-electron chi connectivity index (χ2n) is 7.37. The highest BCUT2D eigenvalue weighted by Gasteiger charge is 2.22. The van der Waals surface area contributed by atoms with E-state index in [2.05, 4.69) is 10.3 Å². The van der Waals surface area contributed by atoms with Gasteiger partial charge in [-0.05, 0) is 41.8 Å². The molecule has 3 N–H and O–H groups in total. The maximum atomic E-state index is 14.4. The molecule has 154 valence electrons. The molecule has 6 nitrogen and oxygen atoms in total. The van der Waals surface area contributed by atoms with Crippen molar-refractivity contribution < 1.29 is 19.4 Å². The highest BCUT2D eigenvalue weighted by molar-refractivity contribution is 5.89. The van der Waals surface area contributed by atoms with Gasteiger partial charge in [-0.3, -0.25) is 4.79 Å². The predicted octanol–water partition coefficient (Wildman–Crippen LogP) is 3.79. The number of rotatable bonds is 4. The first kappa shape index (κ1) is 19.8. The number of amides is 1. The van der Waals surface area contributed by atoms with Crippen LogP contribution in [-0.4, -0.2) is 40.3 Å². The average Bonchev–Trinajstić information content (AvgIpc) is 3.16. The van der Waals surface area contributed by atoms with Crippen LogP contribution in [0.2, 0.25) is 0 Å². The molecule has 0 bridgehead atoms. The summed E-state index contributed by atoms with van der Waals surface area (Å²) in [5.74, 6) is -0.167. The third kappa shape index (κ3) is 3.97. The minimum atomic E-state index is -0.578. The third-order valence-electron chi connectivity index (χ3n) is 5.17. The SMILES string of the molecule is CC(=O)Nc1ccc(-c2cccc(-c3ccnc(N4CC[C@@H](O)C4)c3)c2O)cc1F. The first-order valence-corrected chi connectivity index (χ1v) is 9.71. The normalized spacial score (nSPS) is 16.0. The van der Waals surface area contributed by atoms with Crippen LogP contribution in [0.4, 0.5) is 15.9 Å². The fraction of sp³-hybridized carbons (Fsp3) is 0.217. The maximum absolute atomic E-state index is 14.4. The lowest BCUT2D eigenvalue weighted by atomic mass is 9.97. The largest absolute Gasteiger partial charge is 0.507 e. The molecule has 4 rings (SSSR count). The molecule has 0 saturated carbocycles. The van der Waals surface area contributed by atoms with Crippen molar-refractivity contribution in [3.63, 3.8) is 0 Å². The summed E-state index contributed by atoms with van der Waals surface area (Å²) in [5.41, 5.74) is 2.44. The Hall–Kier alpha value is -3.45. The number of para-hydroxylation sites is 1. The molecule has 2 heterocycles. The van der Waals surface area contributed by atoms with Crippen molar-refractivity contribution in [2.45, 2.75) is 19.4 Å². The van der Waals surface area contributed by atoms with Crippen molar-refractivity contribution in [1.29, 1.82) is 0 Å². The fourth-order valence-electron chi connectivity index (χ4n) is 3.69. The number of aromatic nitrogens is 1. The number of halogens is 1. The Morgan fingerprint density at radius 1 is 1.17 bits per heavy atom. The van der Waals surface area contributed by atoms with E-state index in [1.165, 1.54) is 19.1 Å². The Morgan fingerprint density at radius 3 is 2.53 bits per heavy atom. The number of phenolic OH excluding ortho intramolecular Hbond substituents is 1. The van der Waals surface area contributed by atoms with Gasteiger partial charge in [-0.25, -0.2) is 9.37 Å². The Labute approximate surface area is 173 Å². The molecule has 1 saturated heterocycles. The molecule has 1 aliphatic heterocycles. The number of carbonyl (C=O) groups is 1. The number of carbonyl (C=O) groups excluding carboxylic acids is 1. The Balaban J connectivity index is 1.69. The number of nitrogens with zero attached hydrogens (tertiary/aromatic N) is 2. The summed E-state index contributed by atoms with van der Waals surface area (Å²) < 4.78 is 14.4. The van der Waals surface area contributed by atoms with E-state index in [-0.39, 0.29) is 23.4 Å². The van der Waals surface area contributed by atoms with Gasteiger partial charge in [-0.15, -0.1) is 0 Å². The zero-order valence-electron chi connectivity index (χ0n) is 16.5. The number of aliphatic hydroxyl groups excluding tert-OH is 1. The molecule has 1 fully saturated rings. The summed E-state index contributed by atoms with van der Waals surface area (Å²) in [6.07, 6.45) is 2.01. The van der Waals surface area contributed by atoms with Crippen LogP contribution in [0.5, 0.6) is 5.75 Å². The molecule has 1 aliphatic rings. The molecule has 0 unspecified atom stereocenters. The fourth-order valence-corrected chi connectivity index (χ4v) is 3.69. The number of aliphatic hydroxyl groups is 1. The summed E-state index contributed by atoms with van der Waals surface area (Å²) in [6.45, 7) is 2.57. The van der Waals surface area contributed by atoms with Gasteiger partial charge in [0.15, 0.2) is 0 Å². The molecule has 0 spiro atoms. The first-order chi connectivity index (χ1) is 14.4. The summed E-state index contributed by atoms with van der Waals surface area (Å²) in [5, 5.41) is 23.1. The minimum absolute atomic E-state index is 0.0304. The van der Waals surface area contributed by atoms with Crippen LogP contribution in [0, 0.1) is 5.82 Å². The lowest BCUT2D eigenvalue weighted by Gasteiger charge is -2.18. The number of β-amino-alcohol motifs (C(OH)–C–C–N with tert-alkyl or cyclic N) is 1. The number of phenols is 1. The van der Waals surface area contributed by atoms with Gasteiger partial charge < -0.3 is 20.4 Å². The summed E-state index contributed by atoms with van der Waals surface area (Å²) in [6, 6.07) is 13.4. The maximum Gasteiger partial charge on any atom is 0.221 e. The number of nitrogens with one attached hydrogen (secondary N) is 1. The van der Waals surface area contributed by atoms with E-state index in [0.29, 0.717) is 29.7 Å². The van der Waals surface area contributed by atoms with Crippen LogP contribution in [0.25, 0.3) is 22.3 Å². The highest BCUT2D eigenvalue weighted by Crippen LogP contribution is 2.39. The van der Waals surface area contributed by atoms with Gasteiger partial charge in [-0.1, -0.05) is 24.3 Å². The van der Waals surface area contributed by atoms with Crippen molar-refractivity contribution in [2.24, 2.45) is 0 Å². The number of pyridine rings is 1. The van der Waals surface area contributed by atoms with E-state index < -0.39 is 5.82 Å². The van der Waals surface area contributed by atoms with Crippen molar-refractivity contribution in [1.82, 2.24) is 4.98 Å². The van der Waals surface area contributed by atoms with Crippen LogP contribution in [0.15, 0.2) is 54.7 Å². The zero-order chi connectivity index (χ0) is 21.3. The Kier molecular flexibility index (Phi) is 5.37. The van der Waals surface area contributed by atoms with Crippen LogP contribution in [-0.2, 0) is 4.79 Å². The van der Waals surface area contributed by atoms with Crippen LogP contribution < -0.4 is 10.2 Å². The number of benzene rings is 2. The molecular weight excluding hydrogens is 385 g/mol. The van der Waals surface area contributed by atoms with Crippen LogP contribution >= 0.6 is 0 Å². The van der Waals surface area contributed by atoms with Crippen LogP contribution in [0.1, 0.15) is 13.3 Å². The van der Waals surface area contributed by atoms with Gasteiger partial charge in [0.1, 0.15) is 17.4 Å². The second-order valence-corrected chi connectivity index (χ2v) is 7.37. The van der Waals surface area contributed by atoms with E-state index in [0.717, 1.165) is 17.9 Å². The zero-order valence-corrected chi connectivity index (χ0v) is 16.5. The van der Waals surface area contributed by atoms with Gasteiger partial charge in [0.25, 0.3) is 0 Å². The van der Waals surface area contributed by atoms with Crippen molar-refractivity contribution in [3.05, 3.63) is 60.5 Å². The van der Waals surface area contributed by atoms with Gasteiger partial charge in [0.05, 0.1) is 11.8 Å². The standard InChI is InChI=1S/C23H22FN3O3/c1-14(28)26-21-6-5-15(11-20(21)24)18-3-2-4-19(23(18)30)16-7-9-25-22(12-16)27-10-8-17(29)13-27/h2-7,9,11-12,17,29-30H,8,10,13H2,1H3,(H,26,28)/t17-/m1/s1. The lowest BCUT2D eigenvalue weighted by molar-refractivity contribution is -0.114. The van der Waals surface area contributed by atoms with Gasteiger partial charge in [0.2, 0.25) is 5.91 Å². The molecule has 0 aliphatic carbocycles. The third-order valence-corrected chi connectivity index (χ3v) is 5.17. The van der Waals surface area contributed by atoms with E-state index in [1.807, 2.05) is 11.0 Å². The molecule has 3 aromatic rings. The van der Waals surface area contributed by atoms with Gasteiger partial charge in [-0.2, -0.15) is 0 Å². The second kappa shape index (κ2) is 8.12. The van der Waals surface area contributed by atoms with E-state index in [4.69, 9.17) is 0 Å². The van der Waals surface area contributed by atoms with E-state index in [9.17, 15) is 19.4 Å². The number of hydrogen-bond acceptors (Lipinski definition) is 5. The Bertz CT molecular complexity index is 1100. The first-order valence-electron chi connectivity index (χ1n) is 9.71. The summed E-state index contributed by atoms with van der Waals surface area (Å²) in [4.78, 5) is 17.6. The summed E-state index contributed by atoms with van der Waals surface area (Å²) in [7, 11) is 0. The molecule has 7 heteroatoms. The highest BCUT2D eigenvalue weighted by atomic mass is 19.1. The van der Waals surface area contributed by atoms with Gasteiger partial charge in [0, 0.05) is 37.3 Å². The lowest BCUT2D eigenvalue weighted by Crippen LogP contribution is -2.22. The van der Waals surface area contributed by atoms with E-state index in [1.54, 1.807) is 36.5 Å². The van der Waals surface area contributed by atoms with E-state index >= 15 is 0 Å². The number of aromatic hydroxyl groups is 1.